The number of amides is 1. The predicted molar refractivity (Wildman–Crippen MR) is 133 cm³/mol. The summed E-state index contributed by atoms with van der Waals surface area (Å²) in [5, 5.41) is 16.7. The maximum atomic E-state index is 12.6. The molecule has 192 valence electrons. The molecular formula is C25H22Cl2F3N2O3S-. The van der Waals surface area contributed by atoms with Crippen LogP contribution in [-0.2, 0) is 16.0 Å². The molecule has 1 amide bonds. The number of aliphatic carboxylic acids is 1. The quantitative estimate of drug-likeness (QED) is 0.502. The van der Waals surface area contributed by atoms with Gasteiger partial charge in [-0.1, -0.05) is 65.3 Å². The highest BCUT2D eigenvalue weighted by molar-refractivity contribution is 8.06. The number of carboxylic acid groups (broad SMARTS) is 1. The van der Waals surface area contributed by atoms with E-state index in [9.17, 15) is 18.0 Å². The van der Waals surface area contributed by atoms with Crippen molar-refractivity contribution in [2.75, 3.05) is 13.1 Å². The van der Waals surface area contributed by atoms with Gasteiger partial charge in [-0.05, 0) is 53.6 Å². The van der Waals surface area contributed by atoms with Crippen LogP contribution in [0.15, 0.2) is 70.7 Å². The first kappa shape index (κ1) is 28.0. The normalized spacial score (nSPS) is 15.3. The van der Waals surface area contributed by atoms with E-state index >= 15 is 0 Å². The number of rotatable bonds is 7. The lowest BCUT2D eigenvalue weighted by molar-refractivity contribution is -0.344. The van der Waals surface area contributed by atoms with Crippen LogP contribution in [0, 0.1) is 0 Å². The first-order valence-corrected chi connectivity index (χ1v) is 12.5. The topological polar surface area (TPSA) is 72.5 Å². The summed E-state index contributed by atoms with van der Waals surface area (Å²) >= 11 is 13.8. The highest BCUT2D eigenvalue weighted by atomic mass is 35.5. The summed E-state index contributed by atoms with van der Waals surface area (Å²) in [4.78, 5) is 23.7. The van der Waals surface area contributed by atoms with Gasteiger partial charge in [0.15, 0.2) is 0 Å². The lowest BCUT2D eigenvalue weighted by atomic mass is 9.92. The van der Waals surface area contributed by atoms with Crippen LogP contribution in [0.3, 0.4) is 0 Å². The van der Waals surface area contributed by atoms with Gasteiger partial charge in [0.05, 0.1) is 11.4 Å². The molecule has 4 rings (SSSR count). The number of hydrogen-bond acceptors (Lipinski definition) is 5. The molecule has 0 aromatic heterocycles. The molecule has 5 nitrogen and oxygen atoms in total. The van der Waals surface area contributed by atoms with Crippen molar-refractivity contribution in [1.29, 1.82) is 0 Å². The van der Waals surface area contributed by atoms with Crippen molar-refractivity contribution < 1.29 is 27.9 Å². The number of hydrogen-bond donors (Lipinski definition) is 1. The third-order valence-corrected chi connectivity index (χ3v) is 6.98. The second-order valence-electron chi connectivity index (χ2n) is 8.05. The molecular weight excluding hydrogens is 536 g/mol. The van der Waals surface area contributed by atoms with Crippen molar-refractivity contribution in [2.45, 2.75) is 31.4 Å². The number of thioether (sulfide) groups is 1. The van der Waals surface area contributed by atoms with Crippen LogP contribution < -0.4 is 10.4 Å². The van der Waals surface area contributed by atoms with Crippen molar-refractivity contribution in [1.82, 2.24) is 10.2 Å². The zero-order valence-electron chi connectivity index (χ0n) is 18.9. The van der Waals surface area contributed by atoms with Crippen LogP contribution in [0.5, 0.6) is 0 Å². The number of nitrogens with zero attached hydrogens (tertiary/aromatic N) is 1. The fourth-order valence-corrected chi connectivity index (χ4v) is 4.94. The summed E-state index contributed by atoms with van der Waals surface area (Å²) in [6, 6.07) is 15.7. The molecule has 0 unspecified atom stereocenters. The molecule has 2 aliphatic heterocycles. The maximum Gasteiger partial charge on any atom is 0.430 e. The zero-order chi connectivity index (χ0) is 26.3. The number of nitrogens with one attached hydrogen (secondary N) is 1. The van der Waals surface area contributed by atoms with Gasteiger partial charge < -0.3 is 20.1 Å². The van der Waals surface area contributed by atoms with E-state index in [2.05, 4.69) is 21.7 Å². The zero-order valence-corrected chi connectivity index (χ0v) is 21.2. The molecule has 2 aromatic rings. The largest absolute Gasteiger partial charge is 0.542 e. The summed E-state index contributed by atoms with van der Waals surface area (Å²) in [6.07, 6.45) is -0.676. The van der Waals surface area contributed by atoms with Crippen molar-refractivity contribution in [3.63, 3.8) is 0 Å². The van der Waals surface area contributed by atoms with Gasteiger partial charge in [0.1, 0.15) is 5.97 Å². The summed E-state index contributed by atoms with van der Waals surface area (Å²) in [7, 11) is 0. The molecule has 0 fully saturated rings. The molecule has 0 aliphatic carbocycles. The number of fused-ring (bicyclic) bond motifs is 1. The van der Waals surface area contributed by atoms with Crippen molar-refractivity contribution in [3.05, 3.63) is 91.9 Å². The Morgan fingerprint density at radius 3 is 2.22 bits per heavy atom. The van der Waals surface area contributed by atoms with E-state index in [-0.39, 0.29) is 11.8 Å². The Bertz CT molecular complexity index is 1140. The van der Waals surface area contributed by atoms with Gasteiger partial charge in [-0.15, -0.1) is 0 Å². The number of alkyl halides is 3. The van der Waals surface area contributed by atoms with Crippen LogP contribution in [0.1, 0.15) is 29.9 Å². The molecule has 2 heterocycles. The minimum atomic E-state index is -5.19. The SMILES string of the molecule is O=C(CC1=CSC2=CCCN12)NC[C@H](Cc1ccc(Cl)cc1)c1ccc(Cl)cc1.O=C([O-])C(F)(F)F. The first-order valence-electron chi connectivity index (χ1n) is 10.9. The molecule has 0 radical (unpaired) electrons. The Hall–Kier alpha value is -2.62. The molecule has 0 bridgehead atoms. The average molecular weight is 558 g/mol. The third-order valence-electron chi connectivity index (χ3n) is 5.46. The second kappa shape index (κ2) is 12.6. The number of benzene rings is 2. The molecule has 2 aliphatic rings. The van der Waals surface area contributed by atoms with E-state index in [0.29, 0.717) is 18.0 Å². The van der Waals surface area contributed by atoms with Gasteiger partial charge in [0.25, 0.3) is 0 Å². The van der Waals surface area contributed by atoms with E-state index in [1.807, 2.05) is 48.5 Å². The van der Waals surface area contributed by atoms with Gasteiger partial charge >= 0.3 is 6.18 Å². The van der Waals surface area contributed by atoms with E-state index in [1.54, 1.807) is 11.8 Å². The molecule has 11 heteroatoms. The fourth-order valence-electron chi connectivity index (χ4n) is 3.68. The van der Waals surface area contributed by atoms with Crippen LogP contribution in [0.4, 0.5) is 13.2 Å². The first-order chi connectivity index (χ1) is 17.0. The summed E-state index contributed by atoms with van der Waals surface area (Å²) in [5.41, 5.74) is 3.44. The van der Waals surface area contributed by atoms with E-state index in [1.165, 1.54) is 10.6 Å². The summed E-state index contributed by atoms with van der Waals surface area (Å²) in [6.45, 7) is 1.55. The average Bonchev–Trinajstić information content (AvgIpc) is 3.44. The number of carboxylic acids is 1. The molecule has 36 heavy (non-hydrogen) atoms. The maximum absolute atomic E-state index is 12.6. The molecule has 0 saturated heterocycles. The highest BCUT2D eigenvalue weighted by Gasteiger charge is 2.29. The van der Waals surface area contributed by atoms with Gasteiger partial charge in [0.2, 0.25) is 5.91 Å². The van der Waals surface area contributed by atoms with Crippen molar-refractivity contribution in [3.8, 4) is 0 Å². The predicted octanol–water partition coefficient (Wildman–Crippen LogP) is 5.26. The van der Waals surface area contributed by atoms with Gasteiger partial charge in [-0.25, -0.2) is 0 Å². The van der Waals surface area contributed by atoms with Crippen LogP contribution in [-0.4, -0.2) is 36.0 Å². The van der Waals surface area contributed by atoms with Crippen LogP contribution in [0.2, 0.25) is 10.0 Å². The van der Waals surface area contributed by atoms with Crippen molar-refractivity contribution in [2.24, 2.45) is 0 Å². The monoisotopic (exact) mass is 557 g/mol. The van der Waals surface area contributed by atoms with E-state index in [0.717, 1.165) is 35.7 Å². The van der Waals surface area contributed by atoms with Gasteiger partial charge in [0, 0.05) is 34.7 Å². The number of halogens is 5. The Labute approximate surface area is 221 Å². The number of carbonyl (C=O) groups is 2. The summed E-state index contributed by atoms with van der Waals surface area (Å²) < 4.78 is 31.5. The Balaban J connectivity index is 0.000000454. The van der Waals surface area contributed by atoms with Crippen molar-refractivity contribution >= 4 is 46.8 Å². The van der Waals surface area contributed by atoms with E-state index in [4.69, 9.17) is 33.1 Å². The Morgan fingerprint density at radius 1 is 1.06 bits per heavy atom. The Morgan fingerprint density at radius 2 is 1.64 bits per heavy atom. The molecule has 2 aromatic carbocycles. The minimum absolute atomic E-state index is 0.0556. The highest BCUT2D eigenvalue weighted by Crippen LogP contribution is 2.39. The Kier molecular flexibility index (Phi) is 9.76. The third kappa shape index (κ3) is 8.21. The van der Waals surface area contributed by atoms with E-state index < -0.39 is 12.1 Å². The molecule has 0 spiro atoms. The lowest BCUT2D eigenvalue weighted by Gasteiger charge is -2.21. The molecule has 1 N–H and O–H groups in total. The minimum Gasteiger partial charge on any atom is -0.542 e. The molecule has 1 atom stereocenters. The second-order valence-corrected chi connectivity index (χ2v) is 9.82. The molecule has 0 saturated carbocycles. The van der Waals surface area contributed by atoms with Crippen LogP contribution >= 0.6 is 35.0 Å². The summed E-state index contributed by atoms with van der Waals surface area (Å²) in [5.74, 6) is -2.79. The van der Waals surface area contributed by atoms with Gasteiger partial charge in [-0.2, -0.15) is 13.2 Å². The smallest absolute Gasteiger partial charge is 0.430 e. The fraction of sp³-hybridized carbons (Fsp3) is 0.280. The number of carbonyl (C=O) groups excluding carboxylic acids is 2. The lowest BCUT2D eigenvalue weighted by Crippen LogP contribution is -2.37. The van der Waals surface area contributed by atoms with Gasteiger partial charge in [-0.3, -0.25) is 4.79 Å². The standard InChI is InChI=1S/C23H22Cl2N2OS.C2HF3O2/c24-19-7-3-16(4-8-19)12-18(17-5-9-20(25)10-6-17)14-26-22(28)13-21-15-29-23-2-1-11-27(21)23;3-2(4,5)1(6)7/h2-10,15,18H,1,11-14H2,(H,26,28);(H,6,7)/p-1/t18-;/m0./s1. The van der Waals surface area contributed by atoms with Crippen LogP contribution in [0.25, 0.3) is 0 Å².